The number of hydrogen-bond acceptors (Lipinski definition) is 2. The molecule has 2 aromatic rings. The summed E-state index contributed by atoms with van der Waals surface area (Å²) in [5, 5.41) is 4.04. The Kier molecular flexibility index (Phi) is 3.05. The Balaban J connectivity index is 2.34. The summed E-state index contributed by atoms with van der Waals surface area (Å²) < 4.78 is 12.9. The minimum atomic E-state index is -0.419. The van der Waals surface area contributed by atoms with Gasteiger partial charge in [0.1, 0.15) is 5.82 Å². The van der Waals surface area contributed by atoms with E-state index in [-0.39, 0.29) is 11.1 Å². The van der Waals surface area contributed by atoms with E-state index >= 15 is 0 Å². The second kappa shape index (κ2) is 4.31. The van der Waals surface area contributed by atoms with E-state index in [2.05, 4.69) is 0 Å². The first kappa shape index (κ1) is 10.6. The molecule has 2 rings (SSSR count). The van der Waals surface area contributed by atoms with Crippen molar-refractivity contribution < 1.29 is 4.39 Å². The molecule has 0 aliphatic carbocycles. The summed E-state index contributed by atoms with van der Waals surface area (Å²) in [4.78, 5) is 0. The Morgan fingerprint density at radius 3 is 2.67 bits per heavy atom. The van der Waals surface area contributed by atoms with Gasteiger partial charge in [-0.05, 0) is 40.1 Å². The number of hydrogen-bond donors (Lipinski definition) is 1. The van der Waals surface area contributed by atoms with Crippen LogP contribution in [0, 0.1) is 5.82 Å². The number of halogens is 2. The van der Waals surface area contributed by atoms with Gasteiger partial charge >= 0.3 is 0 Å². The van der Waals surface area contributed by atoms with Gasteiger partial charge in [-0.2, -0.15) is 11.3 Å². The summed E-state index contributed by atoms with van der Waals surface area (Å²) in [6.45, 7) is 0. The lowest BCUT2D eigenvalue weighted by Gasteiger charge is -2.10. The first-order valence-electron chi connectivity index (χ1n) is 4.41. The van der Waals surface area contributed by atoms with Crippen molar-refractivity contribution >= 4 is 22.9 Å². The maximum Gasteiger partial charge on any atom is 0.141 e. The minimum absolute atomic E-state index is 0.109. The van der Waals surface area contributed by atoms with Crippen molar-refractivity contribution in [1.29, 1.82) is 0 Å². The molecule has 0 unspecified atom stereocenters. The summed E-state index contributed by atoms with van der Waals surface area (Å²) in [6, 6.07) is 6.27. The molecule has 1 aromatic heterocycles. The Hall–Kier alpha value is -0.900. The number of benzene rings is 1. The molecular formula is C11H9ClFNS. The second-order valence-electron chi connectivity index (χ2n) is 3.21. The molecule has 78 valence electrons. The van der Waals surface area contributed by atoms with Gasteiger partial charge in [-0.1, -0.05) is 17.7 Å². The predicted molar refractivity (Wildman–Crippen MR) is 61.8 cm³/mol. The molecule has 0 aliphatic heterocycles. The summed E-state index contributed by atoms with van der Waals surface area (Å²) in [5.41, 5.74) is 7.84. The Morgan fingerprint density at radius 1 is 1.27 bits per heavy atom. The fourth-order valence-electron chi connectivity index (χ4n) is 1.35. The third kappa shape index (κ3) is 2.20. The smallest absolute Gasteiger partial charge is 0.141 e. The van der Waals surface area contributed by atoms with E-state index in [4.69, 9.17) is 17.3 Å². The monoisotopic (exact) mass is 241 g/mol. The van der Waals surface area contributed by atoms with E-state index in [0.29, 0.717) is 0 Å². The van der Waals surface area contributed by atoms with Gasteiger partial charge in [-0.25, -0.2) is 4.39 Å². The van der Waals surface area contributed by atoms with Crippen molar-refractivity contribution in [3.63, 3.8) is 0 Å². The van der Waals surface area contributed by atoms with Crippen LogP contribution in [0.4, 0.5) is 4.39 Å². The number of thiophene rings is 1. The van der Waals surface area contributed by atoms with E-state index in [0.717, 1.165) is 11.1 Å². The molecule has 0 spiro atoms. The van der Waals surface area contributed by atoms with Crippen molar-refractivity contribution in [2.75, 3.05) is 0 Å². The lowest BCUT2D eigenvalue weighted by molar-refractivity contribution is 0.627. The normalized spacial score (nSPS) is 12.7. The molecule has 4 heteroatoms. The summed E-state index contributed by atoms with van der Waals surface area (Å²) in [7, 11) is 0. The van der Waals surface area contributed by atoms with Crippen LogP contribution in [0.3, 0.4) is 0 Å². The highest BCUT2D eigenvalue weighted by Crippen LogP contribution is 2.25. The number of rotatable bonds is 2. The highest BCUT2D eigenvalue weighted by Gasteiger charge is 2.10. The van der Waals surface area contributed by atoms with Crippen molar-refractivity contribution in [2.24, 2.45) is 5.73 Å². The largest absolute Gasteiger partial charge is 0.320 e. The van der Waals surface area contributed by atoms with Crippen molar-refractivity contribution in [1.82, 2.24) is 0 Å². The van der Waals surface area contributed by atoms with E-state index in [1.807, 2.05) is 16.8 Å². The van der Waals surface area contributed by atoms with Crippen LogP contribution < -0.4 is 5.73 Å². The molecule has 0 fully saturated rings. The fourth-order valence-corrected chi connectivity index (χ4v) is 2.24. The maximum atomic E-state index is 12.9. The van der Waals surface area contributed by atoms with Gasteiger partial charge in [0.25, 0.3) is 0 Å². The van der Waals surface area contributed by atoms with Crippen molar-refractivity contribution in [3.05, 3.63) is 57.0 Å². The molecule has 1 nitrogen and oxygen atoms in total. The zero-order valence-electron chi connectivity index (χ0n) is 7.78. The fraction of sp³-hybridized carbons (Fsp3) is 0.0909. The minimum Gasteiger partial charge on any atom is -0.320 e. The van der Waals surface area contributed by atoms with Gasteiger partial charge in [-0.15, -0.1) is 0 Å². The third-order valence-electron chi connectivity index (χ3n) is 2.21. The van der Waals surface area contributed by atoms with Crippen LogP contribution in [-0.4, -0.2) is 0 Å². The van der Waals surface area contributed by atoms with Crippen LogP contribution in [0.5, 0.6) is 0 Å². The van der Waals surface area contributed by atoms with Gasteiger partial charge < -0.3 is 5.73 Å². The summed E-state index contributed by atoms with van der Waals surface area (Å²) >= 11 is 7.27. The summed E-state index contributed by atoms with van der Waals surface area (Å²) in [5.74, 6) is -0.419. The van der Waals surface area contributed by atoms with Crippen LogP contribution in [0.15, 0.2) is 35.0 Å². The van der Waals surface area contributed by atoms with Crippen LogP contribution in [0.25, 0.3) is 0 Å². The topological polar surface area (TPSA) is 26.0 Å². The SMILES string of the molecule is N[C@H](c1ccsc1)c1ccc(F)c(Cl)c1. The Bertz CT molecular complexity index is 456. The number of nitrogens with two attached hydrogens (primary N) is 1. The predicted octanol–water partition coefficient (Wildman–Crippen LogP) is 3.59. The van der Waals surface area contributed by atoms with Crippen molar-refractivity contribution in [3.8, 4) is 0 Å². The molecule has 1 atom stereocenters. The Labute approximate surface area is 96.3 Å². The van der Waals surface area contributed by atoms with Crippen LogP contribution in [0.1, 0.15) is 17.2 Å². The highest BCUT2D eigenvalue weighted by atomic mass is 35.5. The molecule has 1 heterocycles. The first-order chi connectivity index (χ1) is 7.18. The van der Waals surface area contributed by atoms with Gasteiger partial charge in [-0.3, -0.25) is 0 Å². The average Bonchev–Trinajstić information content (AvgIpc) is 2.74. The van der Waals surface area contributed by atoms with Crippen LogP contribution in [0.2, 0.25) is 5.02 Å². The maximum absolute atomic E-state index is 12.9. The van der Waals surface area contributed by atoms with Gasteiger partial charge in [0, 0.05) is 0 Å². The molecule has 0 bridgehead atoms. The van der Waals surface area contributed by atoms with Gasteiger partial charge in [0.05, 0.1) is 11.1 Å². The quantitative estimate of drug-likeness (QED) is 0.855. The zero-order valence-corrected chi connectivity index (χ0v) is 9.36. The molecule has 2 N–H and O–H groups in total. The van der Waals surface area contributed by atoms with E-state index in [1.54, 1.807) is 23.5 Å². The molecule has 0 saturated carbocycles. The molecule has 0 aliphatic rings. The lowest BCUT2D eigenvalue weighted by atomic mass is 10.0. The average molecular weight is 242 g/mol. The molecule has 0 amide bonds. The van der Waals surface area contributed by atoms with Gasteiger partial charge in [0.2, 0.25) is 0 Å². The molecule has 1 aromatic carbocycles. The van der Waals surface area contributed by atoms with E-state index in [9.17, 15) is 4.39 Å². The first-order valence-corrected chi connectivity index (χ1v) is 5.73. The molecule has 0 radical (unpaired) electrons. The lowest BCUT2D eigenvalue weighted by Crippen LogP contribution is -2.10. The zero-order chi connectivity index (χ0) is 10.8. The standard InChI is InChI=1S/C11H9ClFNS/c12-9-5-7(1-2-10(9)13)11(14)8-3-4-15-6-8/h1-6,11H,14H2/t11-/m0/s1. The van der Waals surface area contributed by atoms with E-state index in [1.165, 1.54) is 6.07 Å². The van der Waals surface area contributed by atoms with E-state index < -0.39 is 5.82 Å². The van der Waals surface area contributed by atoms with Crippen molar-refractivity contribution in [2.45, 2.75) is 6.04 Å². The molecule has 0 saturated heterocycles. The van der Waals surface area contributed by atoms with Crippen LogP contribution >= 0.6 is 22.9 Å². The molecular weight excluding hydrogens is 233 g/mol. The summed E-state index contributed by atoms with van der Waals surface area (Å²) in [6.07, 6.45) is 0. The molecule has 15 heavy (non-hydrogen) atoms. The third-order valence-corrected chi connectivity index (χ3v) is 3.20. The van der Waals surface area contributed by atoms with Crippen LogP contribution in [-0.2, 0) is 0 Å². The van der Waals surface area contributed by atoms with Gasteiger partial charge in [0.15, 0.2) is 0 Å². The highest BCUT2D eigenvalue weighted by molar-refractivity contribution is 7.08. The Morgan fingerprint density at radius 2 is 2.07 bits per heavy atom. The second-order valence-corrected chi connectivity index (χ2v) is 4.40.